The minimum absolute atomic E-state index is 0.137. The molecular formula is C27H33N3O8. The van der Waals surface area contributed by atoms with Crippen LogP contribution >= 0.6 is 0 Å². The van der Waals surface area contributed by atoms with E-state index in [9.17, 15) is 39.9 Å². The molecule has 11 nitrogen and oxygen atoms in total. The maximum Gasteiger partial charge on any atom is 0.259 e. The number of phenols is 1. The van der Waals surface area contributed by atoms with Crippen LogP contribution < -0.4 is 5.32 Å². The number of rotatable bonds is 4. The first-order chi connectivity index (χ1) is 17.8. The second-order valence-electron chi connectivity index (χ2n) is 11.1. The van der Waals surface area contributed by atoms with Gasteiger partial charge in [0.1, 0.15) is 22.8 Å². The van der Waals surface area contributed by atoms with Gasteiger partial charge in [-0.3, -0.25) is 24.2 Å². The molecule has 1 aliphatic heterocycles. The summed E-state index contributed by atoms with van der Waals surface area (Å²) >= 11 is 0. The van der Waals surface area contributed by atoms with Crippen LogP contribution in [0.5, 0.6) is 5.75 Å². The monoisotopic (exact) mass is 527 g/mol. The van der Waals surface area contributed by atoms with Crippen LogP contribution in [0.2, 0.25) is 0 Å². The van der Waals surface area contributed by atoms with Crippen molar-refractivity contribution in [2.45, 2.75) is 43.4 Å². The van der Waals surface area contributed by atoms with Crippen molar-refractivity contribution < 1.29 is 39.9 Å². The number of likely N-dealkylation sites (tertiary alicyclic amines) is 1. The molecule has 2 unspecified atom stereocenters. The molecule has 3 aliphatic carbocycles. The van der Waals surface area contributed by atoms with Gasteiger partial charge in [-0.15, -0.1) is 0 Å². The summed E-state index contributed by atoms with van der Waals surface area (Å²) in [5, 5.41) is 59.0. The number of nitrogens with zero attached hydrogens (tertiary/aromatic N) is 2. The molecule has 1 amide bonds. The van der Waals surface area contributed by atoms with Crippen LogP contribution in [-0.2, 0) is 20.0 Å². The third-order valence-electron chi connectivity index (χ3n) is 8.66. The van der Waals surface area contributed by atoms with E-state index >= 15 is 0 Å². The van der Waals surface area contributed by atoms with E-state index in [2.05, 4.69) is 5.32 Å². The SMILES string of the molecule is CN(C)[C@H]1C(=O)C(C(=O)NCN2CCCC2)=C(O)[C@]2(O)C(=O)C3=C(O)c4c(O)cccc4[C@](C)(O)C3CC12. The third kappa shape index (κ3) is 3.53. The van der Waals surface area contributed by atoms with Gasteiger partial charge in [-0.1, -0.05) is 12.1 Å². The molecule has 38 heavy (non-hydrogen) atoms. The number of aromatic hydroxyl groups is 1. The Morgan fingerprint density at radius 2 is 1.79 bits per heavy atom. The maximum absolute atomic E-state index is 14.0. The number of hydrogen-bond donors (Lipinski definition) is 6. The highest BCUT2D eigenvalue weighted by atomic mass is 16.3. The molecule has 5 atom stereocenters. The first-order valence-electron chi connectivity index (χ1n) is 12.7. The fourth-order valence-electron chi connectivity index (χ4n) is 6.70. The maximum atomic E-state index is 14.0. The lowest BCUT2D eigenvalue weighted by Gasteiger charge is -2.53. The lowest BCUT2D eigenvalue weighted by Crippen LogP contribution is -2.67. The first kappa shape index (κ1) is 26.4. The Morgan fingerprint density at radius 1 is 1.13 bits per heavy atom. The lowest BCUT2D eigenvalue weighted by atomic mass is 9.54. The standard InChI is InChI=1S/C27H33N3O8/c1-26(37)13-7-6-8-16(31)17(13)21(32)18-14(26)11-15-20(29(2)3)22(33)19(24(35)27(15,38)23(18)34)25(36)28-12-30-9-4-5-10-30/h6-8,14-15,20,31-32,35,37-38H,4-5,9-12H2,1-3H3,(H,28,36)/t14?,15?,20-,26+,27-/m1/s1. The first-order valence-corrected chi connectivity index (χ1v) is 12.7. The van der Waals surface area contributed by atoms with Gasteiger partial charge in [-0.25, -0.2) is 0 Å². The van der Waals surface area contributed by atoms with Crippen LogP contribution in [0.3, 0.4) is 0 Å². The normalized spacial score (nSPS) is 33.4. The van der Waals surface area contributed by atoms with E-state index in [1.54, 1.807) is 14.1 Å². The highest BCUT2D eigenvalue weighted by Crippen LogP contribution is 2.57. The molecule has 1 aromatic rings. The highest BCUT2D eigenvalue weighted by molar-refractivity contribution is 6.25. The van der Waals surface area contributed by atoms with Crippen LogP contribution in [0.4, 0.5) is 0 Å². The largest absolute Gasteiger partial charge is 0.508 e. The predicted molar refractivity (Wildman–Crippen MR) is 135 cm³/mol. The van der Waals surface area contributed by atoms with Crippen molar-refractivity contribution in [1.82, 2.24) is 15.1 Å². The van der Waals surface area contributed by atoms with Gasteiger partial charge in [0.05, 0.1) is 23.9 Å². The summed E-state index contributed by atoms with van der Waals surface area (Å²) in [6.45, 7) is 3.11. The number of aliphatic hydroxyl groups is 4. The summed E-state index contributed by atoms with van der Waals surface area (Å²) in [7, 11) is 3.12. The van der Waals surface area contributed by atoms with Crippen LogP contribution in [0.15, 0.2) is 35.1 Å². The number of phenolic OH excluding ortho intramolecular Hbond substituents is 1. The van der Waals surface area contributed by atoms with Crippen molar-refractivity contribution in [3.8, 4) is 5.75 Å². The van der Waals surface area contributed by atoms with Crippen LogP contribution in [0, 0.1) is 11.8 Å². The summed E-state index contributed by atoms with van der Waals surface area (Å²) in [6.07, 6.45) is 1.78. The van der Waals surface area contributed by atoms with E-state index < -0.39 is 63.6 Å². The molecule has 1 saturated heterocycles. The zero-order valence-corrected chi connectivity index (χ0v) is 21.6. The minimum Gasteiger partial charge on any atom is -0.508 e. The Hall–Kier alpha value is -3.25. The summed E-state index contributed by atoms with van der Waals surface area (Å²) in [5.41, 5.74) is -5.54. The number of likely N-dealkylation sites (N-methyl/N-ethyl adjacent to an activating group) is 1. The van der Waals surface area contributed by atoms with Gasteiger partial charge in [0, 0.05) is 17.4 Å². The number of fused-ring (bicyclic) bond motifs is 3. The molecular weight excluding hydrogens is 494 g/mol. The van der Waals surface area contributed by atoms with Crippen LogP contribution in [0.25, 0.3) is 5.76 Å². The van der Waals surface area contributed by atoms with Crippen molar-refractivity contribution in [3.63, 3.8) is 0 Å². The van der Waals surface area contributed by atoms with Crippen molar-refractivity contribution in [2.24, 2.45) is 11.8 Å². The molecule has 0 spiro atoms. The fraction of sp³-hybridized carbons (Fsp3) is 0.519. The molecule has 6 N–H and O–H groups in total. The Balaban J connectivity index is 1.65. The van der Waals surface area contributed by atoms with E-state index in [1.807, 2.05) is 4.90 Å². The van der Waals surface area contributed by atoms with Crippen molar-refractivity contribution in [2.75, 3.05) is 33.9 Å². The van der Waals surface area contributed by atoms with Crippen LogP contribution in [0.1, 0.15) is 37.3 Å². The zero-order chi connectivity index (χ0) is 27.7. The molecule has 0 aromatic heterocycles. The average Bonchev–Trinajstić information content (AvgIpc) is 3.37. The number of amides is 1. The third-order valence-corrected chi connectivity index (χ3v) is 8.66. The molecule has 4 aliphatic rings. The molecule has 0 bridgehead atoms. The number of aliphatic hydroxyl groups excluding tert-OH is 2. The fourth-order valence-corrected chi connectivity index (χ4v) is 6.70. The Labute approximate surface area is 219 Å². The van der Waals surface area contributed by atoms with E-state index in [4.69, 9.17) is 0 Å². The summed E-state index contributed by atoms with van der Waals surface area (Å²) in [5.74, 6) is -7.17. The second kappa shape index (κ2) is 8.91. The minimum atomic E-state index is -2.72. The van der Waals surface area contributed by atoms with Crippen molar-refractivity contribution >= 4 is 23.2 Å². The van der Waals surface area contributed by atoms with E-state index in [0.717, 1.165) is 25.9 Å². The molecule has 1 aromatic carbocycles. The molecule has 11 heteroatoms. The number of carbonyl (C=O) groups excluding carboxylic acids is 3. The van der Waals surface area contributed by atoms with Gasteiger partial charge >= 0.3 is 0 Å². The molecule has 0 radical (unpaired) electrons. The van der Waals surface area contributed by atoms with Gasteiger partial charge in [0.25, 0.3) is 5.91 Å². The van der Waals surface area contributed by atoms with Crippen molar-refractivity contribution in [1.29, 1.82) is 0 Å². The van der Waals surface area contributed by atoms with Gasteiger partial charge < -0.3 is 30.8 Å². The van der Waals surface area contributed by atoms with E-state index in [1.165, 1.54) is 30.0 Å². The number of hydrogen-bond acceptors (Lipinski definition) is 10. The number of nitrogens with one attached hydrogen (secondary N) is 1. The van der Waals surface area contributed by atoms with E-state index in [0.29, 0.717) is 0 Å². The second-order valence-corrected chi connectivity index (χ2v) is 11.1. The summed E-state index contributed by atoms with van der Waals surface area (Å²) < 4.78 is 0. The van der Waals surface area contributed by atoms with E-state index in [-0.39, 0.29) is 35.5 Å². The number of ketones is 2. The van der Waals surface area contributed by atoms with Crippen LogP contribution in [-0.4, -0.2) is 98.3 Å². The quantitative estimate of drug-likeness (QED) is 0.300. The molecule has 1 saturated carbocycles. The van der Waals surface area contributed by atoms with Gasteiger partial charge in [0.15, 0.2) is 11.4 Å². The zero-order valence-electron chi connectivity index (χ0n) is 21.6. The Morgan fingerprint density at radius 3 is 2.42 bits per heavy atom. The molecule has 1 heterocycles. The Bertz CT molecular complexity index is 1290. The number of carbonyl (C=O) groups is 3. The van der Waals surface area contributed by atoms with Gasteiger partial charge in [-0.05, 0) is 65.0 Å². The van der Waals surface area contributed by atoms with Gasteiger partial charge in [-0.2, -0.15) is 0 Å². The predicted octanol–water partition coefficient (Wildman–Crippen LogP) is 0.313. The molecule has 5 rings (SSSR count). The topological polar surface area (TPSA) is 171 Å². The lowest BCUT2D eigenvalue weighted by molar-refractivity contribution is -0.159. The highest BCUT2D eigenvalue weighted by Gasteiger charge is 2.66. The number of Topliss-reactive ketones (excluding diaryl/α,β-unsaturated/α-hetero) is 2. The summed E-state index contributed by atoms with van der Waals surface area (Å²) in [4.78, 5) is 44.3. The van der Waals surface area contributed by atoms with Crippen molar-refractivity contribution in [3.05, 3.63) is 46.2 Å². The summed E-state index contributed by atoms with van der Waals surface area (Å²) in [6, 6.07) is 3.12. The Kier molecular flexibility index (Phi) is 6.18. The smallest absolute Gasteiger partial charge is 0.259 e. The molecule has 2 fully saturated rings. The average molecular weight is 528 g/mol. The molecule has 204 valence electrons. The number of benzene rings is 1. The van der Waals surface area contributed by atoms with Gasteiger partial charge in [0.2, 0.25) is 5.78 Å².